The first-order valence-corrected chi connectivity index (χ1v) is 12.6. The quantitative estimate of drug-likeness (QED) is 0.442. The molecule has 5 nitrogen and oxygen atoms in total. The molecule has 1 aromatic heterocycles. The minimum atomic E-state index is 0.279. The molecule has 0 spiro atoms. The van der Waals surface area contributed by atoms with Crippen LogP contribution in [0.5, 0.6) is 11.5 Å². The number of phenols is 1. The van der Waals surface area contributed by atoms with Crippen molar-refractivity contribution in [2.45, 2.75) is 66.7 Å². The van der Waals surface area contributed by atoms with Gasteiger partial charge in [-0.3, -0.25) is 0 Å². The fourth-order valence-corrected chi connectivity index (χ4v) is 4.07. The molecule has 0 aliphatic heterocycles. The van der Waals surface area contributed by atoms with Crippen molar-refractivity contribution in [1.29, 1.82) is 0 Å². The van der Waals surface area contributed by atoms with Crippen LogP contribution in [0.1, 0.15) is 64.8 Å². The Kier molecular flexibility index (Phi) is 11.1. The number of fused-ring (bicyclic) bond motifs is 1. The summed E-state index contributed by atoms with van der Waals surface area (Å²) in [7, 11) is 3.99. The number of nitrogens with zero attached hydrogens (tertiary/aromatic N) is 3. The van der Waals surface area contributed by atoms with E-state index in [1.54, 1.807) is 6.07 Å². The standard InChI is InChI=1S/C11H13N3.C10H14O2.C8H16/c1-8-12-10-7-5-4-6-9(10)11(13-8)14(2)3;1-3-8-6-5-7-9(10(8)11)12-4-2;1-7-3-5-8(2)6-4-7/h4-7H,1-3H3;5-7,11H,3-4H2,1-2H3;7-8H,3-6H2,1-2H3. The van der Waals surface area contributed by atoms with Gasteiger partial charge >= 0.3 is 0 Å². The molecule has 1 aliphatic rings. The van der Waals surface area contributed by atoms with Crippen molar-refractivity contribution in [2.24, 2.45) is 11.8 Å². The summed E-state index contributed by atoms with van der Waals surface area (Å²) < 4.78 is 5.23. The highest BCUT2D eigenvalue weighted by atomic mass is 16.5. The molecule has 1 saturated carbocycles. The van der Waals surface area contributed by atoms with Crippen LogP contribution >= 0.6 is 0 Å². The van der Waals surface area contributed by atoms with Gasteiger partial charge in [-0.15, -0.1) is 0 Å². The number of ether oxygens (including phenoxy) is 1. The molecule has 34 heavy (non-hydrogen) atoms. The zero-order valence-electron chi connectivity index (χ0n) is 22.1. The maximum Gasteiger partial charge on any atom is 0.161 e. The fraction of sp³-hybridized carbons (Fsp3) is 0.517. The summed E-state index contributed by atoms with van der Waals surface area (Å²) in [6, 6.07) is 13.6. The van der Waals surface area contributed by atoms with Gasteiger partial charge in [0.2, 0.25) is 0 Å². The van der Waals surface area contributed by atoms with Crippen LogP contribution in [0, 0.1) is 18.8 Å². The number of phenolic OH excluding ortho intramolecular Hbond substituents is 1. The number of hydrogen-bond acceptors (Lipinski definition) is 5. The lowest BCUT2D eigenvalue weighted by Crippen LogP contribution is -2.12. The predicted octanol–water partition coefficient (Wildman–Crippen LogP) is 7.19. The van der Waals surface area contributed by atoms with E-state index in [1.165, 1.54) is 25.7 Å². The van der Waals surface area contributed by atoms with Crippen molar-refractivity contribution in [3.63, 3.8) is 0 Å². The SMILES string of the molecule is CC1CCC(C)CC1.CCOc1cccc(CC)c1O.Cc1nc(N(C)C)c2ccccc2n1. The Labute approximate surface area is 206 Å². The highest BCUT2D eigenvalue weighted by molar-refractivity contribution is 5.89. The van der Waals surface area contributed by atoms with Crippen LogP contribution in [0.15, 0.2) is 42.5 Å². The number of aromatic hydroxyl groups is 1. The minimum Gasteiger partial charge on any atom is -0.504 e. The molecule has 3 aromatic rings. The Morgan fingerprint density at radius 2 is 1.53 bits per heavy atom. The smallest absolute Gasteiger partial charge is 0.161 e. The first kappa shape index (κ1) is 27.4. The summed E-state index contributed by atoms with van der Waals surface area (Å²) in [5.74, 6) is 4.69. The summed E-state index contributed by atoms with van der Waals surface area (Å²) in [6.07, 6.45) is 6.72. The Bertz CT molecular complexity index is 1000. The van der Waals surface area contributed by atoms with Crippen LogP contribution in [-0.2, 0) is 6.42 Å². The molecule has 0 amide bonds. The normalized spacial score (nSPS) is 17.1. The molecule has 0 saturated heterocycles. The van der Waals surface area contributed by atoms with Gasteiger partial charge < -0.3 is 14.7 Å². The average Bonchev–Trinajstić information content (AvgIpc) is 2.82. The van der Waals surface area contributed by atoms with Crippen molar-refractivity contribution in [2.75, 3.05) is 25.6 Å². The highest BCUT2D eigenvalue weighted by Gasteiger charge is 2.13. The fourth-order valence-electron chi connectivity index (χ4n) is 4.07. The zero-order chi connectivity index (χ0) is 25.1. The van der Waals surface area contributed by atoms with Gasteiger partial charge in [-0.1, -0.05) is 70.7 Å². The number of benzene rings is 2. The van der Waals surface area contributed by atoms with Gasteiger partial charge in [0.15, 0.2) is 11.5 Å². The number of para-hydroxylation sites is 2. The highest BCUT2D eigenvalue weighted by Crippen LogP contribution is 2.30. The molecule has 5 heteroatoms. The number of anilines is 1. The van der Waals surface area contributed by atoms with E-state index in [4.69, 9.17) is 4.74 Å². The predicted molar refractivity (Wildman–Crippen MR) is 144 cm³/mol. The van der Waals surface area contributed by atoms with Crippen molar-refractivity contribution in [1.82, 2.24) is 9.97 Å². The van der Waals surface area contributed by atoms with Crippen molar-refractivity contribution in [3.05, 3.63) is 53.9 Å². The molecule has 0 unspecified atom stereocenters. The van der Waals surface area contributed by atoms with Crippen molar-refractivity contribution < 1.29 is 9.84 Å². The van der Waals surface area contributed by atoms with Crippen LogP contribution in [0.25, 0.3) is 10.9 Å². The van der Waals surface area contributed by atoms with Gasteiger partial charge in [-0.2, -0.15) is 0 Å². The van der Waals surface area contributed by atoms with Crippen molar-refractivity contribution in [3.8, 4) is 11.5 Å². The van der Waals surface area contributed by atoms with Crippen LogP contribution in [0.4, 0.5) is 5.82 Å². The molecular weight excluding hydrogens is 422 g/mol. The van der Waals surface area contributed by atoms with Crippen LogP contribution in [-0.4, -0.2) is 35.8 Å². The number of rotatable bonds is 4. The molecule has 1 fully saturated rings. The lowest BCUT2D eigenvalue weighted by molar-refractivity contribution is 0.308. The average molecular weight is 466 g/mol. The first-order valence-electron chi connectivity index (χ1n) is 12.6. The summed E-state index contributed by atoms with van der Waals surface area (Å²) in [5, 5.41) is 10.7. The van der Waals surface area contributed by atoms with E-state index in [1.807, 2.05) is 76.2 Å². The second-order valence-corrected chi connectivity index (χ2v) is 9.42. The molecule has 2 aromatic carbocycles. The molecule has 1 heterocycles. The van der Waals surface area contributed by atoms with Gasteiger partial charge in [0.1, 0.15) is 11.6 Å². The maximum absolute atomic E-state index is 9.59. The second-order valence-electron chi connectivity index (χ2n) is 9.42. The Morgan fingerprint density at radius 3 is 2.09 bits per heavy atom. The minimum absolute atomic E-state index is 0.279. The van der Waals surface area contributed by atoms with Crippen LogP contribution in [0.3, 0.4) is 0 Å². The third-order valence-electron chi connectivity index (χ3n) is 6.19. The molecule has 0 atom stereocenters. The van der Waals surface area contributed by atoms with Gasteiger partial charge in [0, 0.05) is 19.5 Å². The van der Waals surface area contributed by atoms with Gasteiger partial charge in [-0.05, 0) is 55.9 Å². The van der Waals surface area contributed by atoms with Gasteiger partial charge in [0.25, 0.3) is 0 Å². The summed E-state index contributed by atoms with van der Waals surface area (Å²) in [5.41, 5.74) is 1.93. The van der Waals surface area contributed by atoms with Gasteiger partial charge in [0.05, 0.1) is 12.1 Å². The topological polar surface area (TPSA) is 58.5 Å². The maximum atomic E-state index is 9.59. The molecule has 0 bridgehead atoms. The van der Waals surface area contributed by atoms with E-state index < -0.39 is 0 Å². The lowest BCUT2D eigenvalue weighted by Gasteiger charge is -2.22. The van der Waals surface area contributed by atoms with Gasteiger partial charge in [-0.25, -0.2) is 9.97 Å². The molecule has 4 rings (SSSR count). The largest absolute Gasteiger partial charge is 0.504 e. The Hall–Kier alpha value is -2.82. The van der Waals surface area contributed by atoms with E-state index in [0.29, 0.717) is 12.4 Å². The Balaban J connectivity index is 0.000000187. The van der Waals surface area contributed by atoms with E-state index in [2.05, 4.69) is 23.8 Å². The molecule has 0 radical (unpaired) electrons. The monoisotopic (exact) mass is 465 g/mol. The second kappa shape index (κ2) is 13.8. The summed E-state index contributed by atoms with van der Waals surface area (Å²) >= 11 is 0. The summed E-state index contributed by atoms with van der Waals surface area (Å²) in [6.45, 7) is 11.1. The number of aromatic nitrogens is 2. The lowest BCUT2D eigenvalue weighted by atomic mass is 9.84. The van der Waals surface area contributed by atoms with E-state index >= 15 is 0 Å². The number of hydrogen-bond donors (Lipinski definition) is 1. The van der Waals surface area contributed by atoms with E-state index in [9.17, 15) is 5.11 Å². The van der Waals surface area contributed by atoms with Crippen LogP contribution < -0.4 is 9.64 Å². The first-order chi connectivity index (χ1) is 16.3. The number of aryl methyl sites for hydroxylation is 2. The molecular formula is C29H43N3O2. The zero-order valence-corrected chi connectivity index (χ0v) is 22.1. The van der Waals surface area contributed by atoms with Crippen LogP contribution in [0.2, 0.25) is 0 Å². The molecule has 1 N–H and O–H groups in total. The third-order valence-corrected chi connectivity index (χ3v) is 6.19. The molecule has 1 aliphatic carbocycles. The van der Waals surface area contributed by atoms with E-state index in [0.717, 1.165) is 46.4 Å². The third kappa shape index (κ3) is 8.19. The summed E-state index contributed by atoms with van der Waals surface area (Å²) in [4.78, 5) is 10.8. The molecule has 186 valence electrons. The Morgan fingerprint density at radius 1 is 0.912 bits per heavy atom. The van der Waals surface area contributed by atoms with Crippen molar-refractivity contribution >= 4 is 16.7 Å². The van der Waals surface area contributed by atoms with E-state index in [-0.39, 0.29) is 5.75 Å².